The van der Waals surface area contributed by atoms with Gasteiger partial charge in [-0.05, 0) is 38.5 Å². The zero-order valence-corrected chi connectivity index (χ0v) is 18.3. The molecule has 1 aromatic carbocycles. The molecule has 0 saturated carbocycles. The number of halogens is 1. The Bertz CT molecular complexity index is 644. The van der Waals surface area contributed by atoms with Crippen LogP contribution in [0.5, 0.6) is 0 Å². The highest BCUT2D eigenvalue weighted by molar-refractivity contribution is 14.0. The van der Waals surface area contributed by atoms with E-state index in [9.17, 15) is 4.79 Å². The highest BCUT2D eigenvalue weighted by Gasteiger charge is 2.13. The summed E-state index contributed by atoms with van der Waals surface area (Å²) in [6, 6.07) is 8.46. The number of aliphatic imine (C=N–C) groups is 1. The van der Waals surface area contributed by atoms with Gasteiger partial charge in [-0.3, -0.25) is 9.79 Å². The summed E-state index contributed by atoms with van der Waals surface area (Å²) < 4.78 is 0. The Hall–Kier alpha value is -1.77. The molecule has 3 N–H and O–H groups in total. The molecule has 7 heteroatoms. The van der Waals surface area contributed by atoms with E-state index in [-0.39, 0.29) is 42.0 Å². The number of amides is 1. The van der Waals surface area contributed by atoms with E-state index in [1.807, 2.05) is 20.8 Å². The number of hydrogen-bond donors (Lipinski definition) is 3. The van der Waals surface area contributed by atoms with Crippen molar-refractivity contribution in [1.29, 1.82) is 0 Å². The largest absolute Gasteiger partial charge is 0.364 e. The van der Waals surface area contributed by atoms with E-state index in [1.165, 1.54) is 11.3 Å². The average molecular weight is 471 g/mol. The fourth-order valence-electron chi connectivity index (χ4n) is 2.58. The van der Waals surface area contributed by atoms with Gasteiger partial charge in [0.05, 0.1) is 6.54 Å². The zero-order valence-electron chi connectivity index (χ0n) is 16.0. The number of benzene rings is 1. The number of carbonyl (C=O) groups is 1. The van der Waals surface area contributed by atoms with Crippen molar-refractivity contribution in [2.24, 2.45) is 4.99 Å². The Kier molecular flexibility index (Phi) is 8.91. The Balaban J connectivity index is 0.00000338. The van der Waals surface area contributed by atoms with Crippen LogP contribution in [0.1, 0.15) is 26.3 Å². The molecule has 6 nitrogen and oxygen atoms in total. The fraction of sp³-hybridized carbons (Fsp3) is 0.474. The molecule has 0 aliphatic carbocycles. The van der Waals surface area contributed by atoms with Gasteiger partial charge in [-0.15, -0.1) is 24.0 Å². The first-order valence-corrected chi connectivity index (χ1v) is 8.62. The normalized spacial score (nSPS) is 14.0. The molecule has 1 amide bonds. The van der Waals surface area contributed by atoms with Crippen LogP contribution in [0.4, 0.5) is 5.69 Å². The van der Waals surface area contributed by atoms with Gasteiger partial charge in [0.1, 0.15) is 0 Å². The quantitative estimate of drug-likeness (QED) is 0.267. The van der Waals surface area contributed by atoms with Crippen molar-refractivity contribution in [3.8, 4) is 0 Å². The molecule has 1 heterocycles. The number of guanidine groups is 1. The molecule has 0 radical (unpaired) electrons. The molecule has 0 fully saturated rings. The fourth-order valence-corrected chi connectivity index (χ4v) is 2.58. The van der Waals surface area contributed by atoms with Crippen molar-refractivity contribution < 1.29 is 4.79 Å². The van der Waals surface area contributed by atoms with Crippen LogP contribution in [0, 0.1) is 0 Å². The van der Waals surface area contributed by atoms with E-state index in [1.54, 1.807) is 7.05 Å². The minimum Gasteiger partial charge on any atom is -0.364 e. The van der Waals surface area contributed by atoms with Crippen molar-refractivity contribution in [1.82, 2.24) is 16.0 Å². The molecule has 26 heavy (non-hydrogen) atoms. The summed E-state index contributed by atoms with van der Waals surface area (Å²) >= 11 is 0. The number of rotatable bonds is 5. The van der Waals surface area contributed by atoms with Crippen LogP contribution in [-0.4, -0.2) is 44.1 Å². The van der Waals surface area contributed by atoms with Crippen molar-refractivity contribution in [3.63, 3.8) is 0 Å². The first-order valence-electron chi connectivity index (χ1n) is 8.62. The van der Waals surface area contributed by atoms with Crippen LogP contribution in [0.15, 0.2) is 41.4 Å². The molecule has 2 rings (SSSR count). The lowest BCUT2D eigenvalue weighted by Crippen LogP contribution is -2.48. The number of nitrogens with one attached hydrogen (secondary N) is 3. The van der Waals surface area contributed by atoms with Gasteiger partial charge < -0.3 is 20.9 Å². The van der Waals surface area contributed by atoms with Crippen LogP contribution in [-0.2, 0) is 11.3 Å². The lowest BCUT2D eigenvalue weighted by Gasteiger charge is -2.21. The van der Waals surface area contributed by atoms with Crippen LogP contribution in [0.3, 0.4) is 0 Å². The second kappa shape index (κ2) is 10.4. The molecule has 0 atom stereocenters. The smallest absolute Gasteiger partial charge is 0.239 e. The SMILES string of the molecule is CN=C(NCC(=O)NC(C)(C)C)NCc1cccc(N2CC=CC2)c1.I. The lowest BCUT2D eigenvalue weighted by atomic mass is 10.1. The van der Waals surface area contributed by atoms with Gasteiger partial charge >= 0.3 is 0 Å². The van der Waals surface area contributed by atoms with Crippen molar-refractivity contribution in [2.75, 3.05) is 31.6 Å². The van der Waals surface area contributed by atoms with Gasteiger partial charge in [0.25, 0.3) is 0 Å². The Morgan fingerprint density at radius 3 is 2.50 bits per heavy atom. The van der Waals surface area contributed by atoms with Gasteiger partial charge in [0.15, 0.2) is 5.96 Å². The maximum atomic E-state index is 11.9. The molecule has 0 unspecified atom stereocenters. The molecule has 1 aromatic rings. The Morgan fingerprint density at radius 2 is 1.88 bits per heavy atom. The van der Waals surface area contributed by atoms with Crippen molar-refractivity contribution in [3.05, 3.63) is 42.0 Å². The summed E-state index contributed by atoms with van der Waals surface area (Å²) in [6.45, 7) is 8.64. The second-order valence-corrected chi connectivity index (χ2v) is 7.12. The maximum Gasteiger partial charge on any atom is 0.239 e. The highest BCUT2D eigenvalue weighted by atomic mass is 127. The van der Waals surface area contributed by atoms with Crippen LogP contribution >= 0.6 is 24.0 Å². The van der Waals surface area contributed by atoms with E-state index in [0.717, 1.165) is 13.1 Å². The first kappa shape index (κ1) is 22.3. The number of anilines is 1. The average Bonchev–Trinajstić information content (AvgIpc) is 3.08. The van der Waals surface area contributed by atoms with Crippen molar-refractivity contribution >= 4 is 41.5 Å². The van der Waals surface area contributed by atoms with Crippen LogP contribution in [0.25, 0.3) is 0 Å². The summed E-state index contributed by atoms with van der Waals surface area (Å²) in [4.78, 5) is 18.4. The molecule has 1 aliphatic rings. The van der Waals surface area contributed by atoms with E-state index >= 15 is 0 Å². The van der Waals surface area contributed by atoms with Gasteiger partial charge in [0, 0.05) is 37.9 Å². The minimum atomic E-state index is -0.236. The summed E-state index contributed by atoms with van der Waals surface area (Å²) in [5.41, 5.74) is 2.16. The number of carbonyl (C=O) groups excluding carboxylic acids is 1. The van der Waals surface area contributed by atoms with Gasteiger partial charge in [-0.25, -0.2) is 0 Å². The maximum absolute atomic E-state index is 11.9. The standard InChI is InChI=1S/C19H29N5O.HI/c1-19(2,3)23-17(25)14-22-18(20-4)21-13-15-8-7-9-16(12-15)24-10-5-6-11-24;/h5-9,12H,10-11,13-14H2,1-4H3,(H,23,25)(H2,20,21,22);1H. The van der Waals surface area contributed by atoms with Crippen LogP contribution < -0.4 is 20.9 Å². The molecule has 0 spiro atoms. The molecule has 0 bridgehead atoms. The van der Waals surface area contributed by atoms with Gasteiger partial charge in [-0.1, -0.05) is 24.3 Å². The summed E-state index contributed by atoms with van der Waals surface area (Å²) in [6.07, 6.45) is 4.36. The minimum absolute atomic E-state index is 0. The predicted molar refractivity (Wildman–Crippen MR) is 119 cm³/mol. The highest BCUT2D eigenvalue weighted by Crippen LogP contribution is 2.18. The molecule has 0 saturated heterocycles. The van der Waals surface area contributed by atoms with E-state index in [0.29, 0.717) is 12.5 Å². The third kappa shape index (κ3) is 7.63. The third-order valence-corrected chi connectivity index (χ3v) is 3.71. The van der Waals surface area contributed by atoms with E-state index in [2.05, 4.69) is 62.3 Å². The second-order valence-electron chi connectivity index (χ2n) is 7.12. The zero-order chi connectivity index (χ0) is 18.3. The molecule has 144 valence electrons. The molecular weight excluding hydrogens is 441 g/mol. The van der Waals surface area contributed by atoms with Gasteiger partial charge in [-0.2, -0.15) is 0 Å². The van der Waals surface area contributed by atoms with Gasteiger partial charge in [0.2, 0.25) is 5.91 Å². The van der Waals surface area contributed by atoms with E-state index in [4.69, 9.17) is 0 Å². The molecule has 0 aromatic heterocycles. The van der Waals surface area contributed by atoms with E-state index < -0.39 is 0 Å². The van der Waals surface area contributed by atoms with Crippen LogP contribution in [0.2, 0.25) is 0 Å². The molecular formula is C19H30IN5O. The Labute approximate surface area is 173 Å². The number of hydrogen-bond acceptors (Lipinski definition) is 3. The monoisotopic (exact) mass is 471 g/mol. The predicted octanol–water partition coefficient (Wildman–Crippen LogP) is 2.26. The first-order chi connectivity index (χ1) is 11.9. The lowest BCUT2D eigenvalue weighted by molar-refractivity contribution is -0.121. The van der Waals surface area contributed by atoms with Crippen molar-refractivity contribution in [2.45, 2.75) is 32.9 Å². The topological polar surface area (TPSA) is 68.8 Å². The summed E-state index contributed by atoms with van der Waals surface area (Å²) in [5.74, 6) is 0.552. The molecule has 1 aliphatic heterocycles. The summed E-state index contributed by atoms with van der Waals surface area (Å²) in [7, 11) is 1.70. The summed E-state index contributed by atoms with van der Waals surface area (Å²) in [5, 5.41) is 9.20. The third-order valence-electron chi connectivity index (χ3n) is 3.71. The Morgan fingerprint density at radius 1 is 1.19 bits per heavy atom. The number of nitrogens with zero attached hydrogens (tertiary/aromatic N) is 2.